The number of halogens is 2. The molecule has 0 rings (SSSR count). The molecular formula is C5H9Cl2NSi. The molecule has 0 amide bonds. The summed E-state index contributed by atoms with van der Waals surface area (Å²) in [6.07, 6.45) is 2.12. The molecule has 0 bridgehead atoms. The minimum atomic E-state index is -0.517. The van der Waals surface area contributed by atoms with Crippen LogP contribution in [0, 0.1) is 11.3 Å². The molecule has 0 aliphatic heterocycles. The van der Waals surface area contributed by atoms with E-state index in [0.717, 1.165) is 23.1 Å². The summed E-state index contributed by atoms with van der Waals surface area (Å²) >= 11 is 11.4. The maximum absolute atomic E-state index is 8.14. The number of hydrogen-bond donors (Lipinski definition) is 0. The van der Waals surface area contributed by atoms with Crippen molar-refractivity contribution in [3.05, 3.63) is 0 Å². The number of nitrogens with zero attached hydrogens (tertiary/aromatic N) is 1. The molecular weight excluding hydrogens is 173 g/mol. The lowest BCUT2D eigenvalue weighted by Gasteiger charge is -2.10. The highest BCUT2D eigenvalue weighted by Crippen LogP contribution is 2.22. The van der Waals surface area contributed by atoms with Gasteiger partial charge in [0.25, 0.3) is 0 Å². The monoisotopic (exact) mass is 181 g/mol. The predicted molar refractivity (Wildman–Crippen MR) is 43.8 cm³/mol. The Hall–Kier alpha value is 0.287. The molecule has 1 nitrogen and oxygen atoms in total. The Bertz CT molecular complexity index is 113. The Morgan fingerprint density at radius 3 is 2.44 bits per heavy atom. The summed E-state index contributed by atoms with van der Waals surface area (Å²) in [5.74, 6) is 0. The average molecular weight is 182 g/mol. The van der Waals surface area contributed by atoms with Gasteiger partial charge in [-0.05, 0) is 12.8 Å². The van der Waals surface area contributed by atoms with Crippen LogP contribution < -0.4 is 0 Å². The normalized spacial score (nSPS) is 11.2. The van der Waals surface area contributed by atoms with Gasteiger partial charge in [0.15, 0.2) is 0 Å². The smallest absolute Gasteiger partial charge is 0.0972 e. The molecule has 0 saturated heterocycles. The van der Waals surface area contributed by atoms with E-state index in [-0.39, 0.29) is 0 Å². The fourth-order valence-corrected chi connectivity index (χ4v) is 1.10. The Kier molecular flexibility index (Phi) is 4.29. The van der Waals surface area contributed by atoms with Gasteiger partial charge in [0.2, 0.25) is 0 Å². The first-order chi connectivity index (χ1) is 4.06. The quantitative estimate of drug-likeness (QED) is 0.365. The second-order valence-corrected chi connectivity index (χ2v) is 6.92. The molecule has 0 aromatic heterocycles. The predicted octanol–water partition coefficient (Wildman–Crippen LogP) is 1.18. The van der Waals surface area contributed by atoms with Crippen molar-refractivity contribution >= 4 is 33.4 Å². The lowest BCUT2D eigenvalue weighted by molar-refractivity contribution is 0.773. The maximum Gasteiger partial charge on any atom is 0.0972 e. The van der Waals surface area contributed by atoms with E-state index >= 15 is 0 Å². The summed E-state index contributed by atoms with van der Waals surface area (Å²) in [4.78, 5) is 0. The van der Waals surface area contributed by atoms with E-state index in [4.69, 9.17) is 28.5 Å². The fourth-order valence-electron chi connectivity index (χ4n) is 0.478. The molecule has 0 unspecified atom stereocenters. The Morgan fingerprint density at radius 2 is 2.11 bits per heavy atom. The highest BCUT2D eigenvalue weighted by Gasteiger charge is 2.14. The first-order valence-electron chi connectivity index (χ1n) is 2.81. The third kappa shape index (κ3) is 8.29. The zero-order valence-electron chi connectivity index (χ0n) is 5.32. The van der Waals surface area contributed by atoms with Crippen LogP contribution in [0.1, 0.15) is 19.3 Å². The lowest BCUT2D eigenvalue weighted by atomic mass is 10.3. The SMILES string of the molecule is N#CCCCC([SiH3])(Cl)Cl. The topological polar surface area (TPSA) is 23.8 Å². The van der Waals surface area contributed by atoms with E-state index in [0.29, 0.717) is 6.42 Å². The van der Waals surface area contributed by atoms with Crippen molar-refractivity contribution in [1.82, 2.24) is 0 Å². The lowest BCUT2D eigenvalue weighted by Crippen LogP contribution is -2.10. The van der Waals surface area contributed by atoms with E-state index < -0.39 is 3.96 Å². The van der Waals surface area contributed by atoms with Crippen molar-refractivity contribution in [2.24, 2.45) is 0 Å². The second kappa shape index (κ2) is 4.16. The van der Waals surface area contributed by atoms with Crippen LogP contribution >= 0.6 is 23.2 Å². The average Bonchev–Trinajstić information content (AvgIpc) is 1.63. The summed E-state index contributed by atoms with van der Waals surface area (Å²) < 4.78 is -0.517. The zero-order valence-corrected chi connectivity index (χ0v) is 8.84. The molecule has 0 heterocycles. The maximum atomic E-state index is 8.14. The van der Waals surface area contributed by atoms with E-state index in [2.05, 4.69) is 0 Å². The van der Waals surface area contributed by atoms with Gasteiger partial charge in [-0.2, -0.15) is 5.26 Å². The summed E-state index contributed by atoms with van der Waals surface area (Å²) in [5, 5.41) is 8.14. The molecule has 0 atom stereocenters. The van der Waals surface area contributed by atoms with Crippen LogP contribution in [-0.2, 0) is 0 Å². The molecule has 52 valence electrons. The van der Waals surface area contributed by atoms with Crippen molar-refractivity contribution in [1.29, 1.82) is 5.26 Å². The molecule has 9 heavy (non-hydrogen) atoms. The Labute approximate surface area is 68.4 Å². The summed E-state index contributed by atoms with van der Waals surface area (Å²) in [5.41, 5.74) is 0. The molecule has 0 aromatic carbocycles. The Balaban J connectivity index is 3.20. The molecule has 0 fully saturated rings. The molecule has 0 radical (unpaired) electrons. The molecule has 0 spiro atoms. The summed E-state index contributed by atoms with van der Waals surface area (Å²) in [7, 11) is 0.766. The minimum absolute atomic E-state index is 0.517. The number of hydrogen-bond acceptors (Lipinski definition) is 1. The molecule has 4 heteroatoms. The van der Waals surface area contributed by atoms with Crippen molar-refractivity contribution in [3.8, 4) is 6.07 Å². The van der Waals surface area contributed by atoms with Gasteiger partial charge >= 0.3 is 0 Å². The Morgan fingerprint density at radius 1 is 1.56 bits per heavy atom. The van der Waals surface area contributed by atoms with Gasteiger partial charge < -0.3 is 0 Å². The first kappa shape index (κ1) is 9.29. The zero-order chi connectivity index (χ0) is 7.33. The van der Waals surface area contributed by atoms with Gasteiger partial charge in [0.05, 0.1) is 10.0 Å². The van der Waals surface area contributed by atoms with Gasteiger partial charge in [-0.25, -0.2) is 0 Å². The van der Waals surface area contributed by atoms with Crippen molar-refractivity contribution < 1.29 is 0 Å². The minimum Gasteiger partial charge on any atom is -0.198 e. The van der Waals surface area contributed by atoms with Gasteiger partial charge in [0, 0.05) is 16.7 Å². The summed E-state index contributed by atoms with van der Waals surface area (Å²) in [6.45, 7) is 0. The van der Waals surface area contributed by atoms with Gasteiger partial charge in [-0.3, -0.25) is 0 Å². The van der Waals surface area contributed by atoms with Gasteiger partial charge in [0.1, 0.15) is 0 Å². The van der Waals surface area contributed by atoms with Crippen LogP contribution in [0.2, 0.25) is 0 Å². The van der Waals surface area contributed by atoms with Crippen LogP contribution in [0.3, 0.4) is 0 Å². The molecule has 0 aromatic rings. The van der Waals surface area contributed by atoms with Crippen LogP contribution in [-0.4, -0.2) is 14.2 Å². The van der Waals surface area contributed by atoms with Crippen molar-refractivity contribution in [2.75, 3.05) is 0 Å². The van der Waals surface area contributed by atoms with Crippen LogP contribution in [0.4, 0.5) is 0 Å². The summed E-state index contributed by atoms with van der Waals surface area (Å²) in [6, 6.07) is 2.04. The number of nitriles is 1. The van der Waals surface area contributed by atoms with Crippen LogP contribution in [0.25, 0.3) is 0 Å². The van der Waals surface area contributed by atoms with Crippen molar-refractivity contribution in [3.63, 3.8) is 0 Å². The van der Waals surface area contributed by atoms with E-state index in [1.165, 1.54) is 0 Å². The molecule has 0 saturated carbocycles. The van der Waals surface area contributed by atoms with Crippen LogP contribution in [0.5, 0.6) is 0 Å². The molecule has 0 N–H and O–H groups in total. The highest BCUT2D eigenvalue weighted by atomic mass is 35.5. The number of unbranched alkanes of at least 4 members (excludes halogenated alkanes) is 1. The first-order valence-corrected chi connectivity index (χ1v) is 4.56. The van der Waals surface area contributed by atoms with E-state index in [9.17, 15) is 0 Å². The van der Waals surface area contributed by atoms with Gasteiger partial charge in [-0.15, -0.1) is 23.2 Å². The van der Waals surface area contributed by atoms with E-state index in [1.807, 2.05) is 6.07 Å². The molecule has 0 aliphatic rings. The largest absolute Gasteiger partial charge is 0.198 e. The number of alkyl halides is 2. The second-order valence-electron chi connectivity index (χ2n) is 2.08. The third-order valence-corrected chi connectivity index (χ3v) is 1.78. The number of rotatable bonds is 3. The van der Waals surface area contributed by atoms with Gasteiger partial charge in [-0.1, -0.05) is 0 Å². The third-order valence-electron chi connectivity index (χ3n) is 0.904. The van der Waals surface area contributed by atoms with E-state index in [1.54, 1.807) is 0 Å². The van der Waals surface area contributed by atoms with Crippen molar-refractivity contribution in [2.45, 2.75) is 23.2 Å². The van der Waals surface area contributed by atoms with Crippen LogP contribution in [0.15, 0.2) is 0 Å². The standard InChI is InChI=1S/C5H9Cl2NSi/c6-5(7,9)3-1-2-4-8/h1-3H2,9H3. The fraction of sp³-hybridized carbons (Fsp3) is 0.800. The highest BCUT2D eigenvalue weighted by molar-refractivity contribution is 6.65. The molecule has 0 aliphatic carbocycles.